The van der Waals surface area contributed by atoms with Gasteiger partial charge in [0.1, 0.15) is 0 Å². The van der Waals surface area contributed by atoms with E-state index in [0.717, 1.165) is 12.0 Å². The molecular weight excluding hydrogens is 345 g/mol. The van der Waals surface area contributed by atoms with Crippen LogP contribution in [-0.4, -0.2) is 43.3 Å². The van der Waals surface area contributed by atoms with Crippen LogP contribution in [-0.2, 0) is 21.1 Å². The Balaban J connectivity index is 2.11. The molecule has 2 rings (SSSR count). The summed E-state index contributed by atoms with van der Waals surface area (Å²) in [6, 6.07) is 4.90. The summed E-state index contributed by atoms with van der Waals surface area (Å²) in [6.07, 6.45) is 1.52. The third-order valence-electron chi connectivity index (χ3n) is 3.77. The molecule has 4 nitrogen and oxygen atoms in total. The van der Waals surface area contributed by atoms with Gasteiger partial charge in [0.15, 0.2) is 9.84 Å². The van der Waals surface area contributed by atoms with Crippen molar-refractivity contribution in [1.82, 2.24) is 4.90 Å². The number of benzene rings is 1. The molecule has 1 unspecified atom stereocenters. The first-order valence-electron chi connectivity index (χ1n) is 7.26. The lowest BCUT2D eigenvalue weighted by atomic mass is 10.1. The molecule has 0 saturated carbocycles. The Morgan fingerprint density at radius 3 is 2.59 bits per heavy atom. The smallest absolute Gasteiger partial charge is 0.227 e. The minimum absolute atomic E-state index is 0.0673. The van der Waals surface area contributed by atoms with Crippen LogP contribution in [0.25, 0.3) is 0 Å². The van der Waals surface area contributed by atoms with Gasteiger partial charge in [-0.2, -0.15) is 0 Å². The molecule has 1 heterocycles. The largest absolute Gasteiger partial charge is 0.338 e. The van der Waals surface area contributed by atoms with E-state index in [2.05, 4.69) is 0 Å². The quantitative estimate of drug-likeness (QED) is 0.807. The lowest BCUT2D eigenvalue weighted by Crippen LogP contribution is -2.42. The van der Waals surface area contributed by atoms with Crippen LogP contribution in [0.5, 0.6) is 0 Å². The van der Waals surface area contributed by atoms with Crippen molar-refractivity contribution < 1.29 is 13.2 Å². The molecule has 1 saturated heterocycles. The summed E-state index contributed by atoms with van der Waals surface area (Å²) in [5.74, 6) is 0.167. The minimum Gasteiger partial charge on any atom is -0.338 e. The average Bonchev–Trinajstić information content (AvgIpc) is 2.80. The number of carbonyl (C=O) groups is 1. The molecule has 1 aromatic carbocycles. The van der Waals surface area contributed by atoms with Crippen LogP contribution in [0, 0.1) is 0 Å². The SMILES string of the molecule is CCCN(C(=O)Cc1ccc(Cl)c(Cl)c1)C1CCS(=O)(=O)C1. The van der Waals surface area contributed by atoms with Gasteiger partial charge in [-0.25, -0.2) is 8.42 Å². The van der Waals surface area contributed by atoms with Gasteiger partial charge in [-0.15, -0.1) is 0 Å². The van der Waals surface area contributed by atoms with Crippen LogP contribution >= 0.6 is 23.2 Å². The number of carbonyl (C=O) groups excluding carboxylic acids is 1. The topological polar surface area (TPSA) is 54.5 Å². The van der Waals surface area contributed by atoms with Crippen LogP contribution < -0.4 is 0 Å². The Kier molecular flexibility index (Phi) is 5.75. The molecule has 1 atom stereocenters. The molecule has 122 valence electrons. The van der Waals surface area contributed by atoms with Gasteiger partial charge in [0.2, 0.25) is 5.91 Å². The number of amides is 1. The van der Waals surface area contributed by atoms with E-state index in [1.165, 1.54) is 0 Å². The summed E-state index contributed by atoms with van der Waals surface area (Å²) in [5, 5.41) is 0.864. The lowest BCUT2D eigenvalue weighted by Gasteiger charge is -2.28. The van der Waals surface area contributed by atoms with E-state index in [4.69, 9.17) is 23.2 Å². The first kappa shape index (κ1) is 17.6. The summed E-state index contributed by atoms with van der Waals surface area (Å²) < 4.78 is 23.3. The Labute approximate surface area is 141 Å². The van der Waals surface area contributed by atoms with Crippen LogP contribution in [0.3, 0.4) is 0 Å². The summed E-state index contributed by atoms with van der Waals surface area (Å²) in [6.45, 7) is 2.54. The van der Waals surface area contributed by atoms with Gasteiger partial charge >= 0.3 is 0 Å². The Morgan fingerprint density at radius 1 is 1.32 bits per heavy atom. The predicted octanol–water partition coefficient (Wildman–Crippen LogP) is 2.96. The van der Waals surface area contributed by atoms with E-state index in [-0.39, 0.29) is 29.9 Å². The number of nitrogens with zero attached hydrogens (tertiary/aromatic N) is 1. The number of hydrogen-bond donors (Lipinski definition) is 0. The Bertz CT molecular complexity index is 661. The zero-order valence-electron chi connectivity index (χ0n) is 12.4. The summed E-state index contributed by atoms with van der Waals surface area (Å²) in [7, 11) is -3.01. The fraction of sp³-hybridized carbons (Fsp3) is 0.533. The van der Waals surface area contributed by atoms with Crippen molar-refractivity contribution in [2.24, 2.45) is 0 Å². The third kappa shape index (κ3) is 4.37. The van der Waals surface area contributed by atoms with E-state index < -0.39 is 9.84 Å². The standard InChI is InChI=1S/C15H19Cl2NO3S/c1-2-6-18(12-5-7-22(20,21)10-12)15(19)9-11-3-4-13(16)14(17)8-11/h3-4,8,12H,2,5-7,9-10H2,1H3. The van der Waals surface area contributed by atoms with Gasteiger partial charge in [-0.05, 0) is 30.5 Å². The minimum atomic E-state index is -3.01. The van der Waals surface area contributed by atoms with Crippen LogP contribution in [0.15, 0.2) is 18.2 Å². The molecule has 0 aromatic heterocycles. The first-order chi connectivity index (χ1) is 10.3. The van der Waals surface area contributed by atoms with Gasteiger partial charge in [-0.3, -0.25) is 4.79 Å². The molecule has 1 amide bonds. The summed E-state index contributed by atoms with van der Waals surface area (Å²) in [4.78, 5) is 14.3. The Hall–Kier alpha value is -0.780. The number of hydrogen-bond acceptors (Lipinski definition) is 3. The molecule has 1 aliphatic rings. The maximum atomic E-state index is 12.6. The monoisotopic (exact) mass is 363 g/mol. The molecule has 1 aromatic rings. The van der Waals surface area contributed by atoms with Crippen molar-refractivity contribution in [3.8, 4) is 0 Å². The highest BCUT2D eigenvalue weighted by Crippen LogP contribution is 2.24. The second-order valence-electron chi connectivity index (χ2n) is 5.57. The molecule has 0 bridgehead atoms. The van der Waals surface area contributed by atoms with Gasteiger partial charge in [0.25, 0.3) is 0 Å². The molecule has 22 heavy (non-hydrogen) atoms. The highest BCUT2D eigenvalue weighted by Gasteiger charge is 2.34. The van der Waals surface area contributed by atoms with Crippen molar-refractivity contribution in [3.05, 3.63) is 33.8 Å². The number of sulfone groups is 1. The van der Waals surface area contributed by atoms with E-state index in [0.29, 0.717) is 23.0 Å². The van der Waals surface area contributed by atoms with Crippen LogP contribution in [0.1, 0.15) is 25.3 Å². The molecule has 7 heteroatoms. The van der Waals surface area contributed by atoms with Crippen LogP contribution in [0.2, 0.25) is 10.0 Å². The second-order valence-corrected chi connectivity index (χ2v) is 8.61. The summed E-state index contributed by atoms with van der Waals surface area (Å²) >= 11 is 11.8. The second kappa shape index (κ2) is 7.20. The zero-order valence-corrected chi connectivity index (χ0v) is 14.7. The molecule has 0 N–H and O–H groups in total. The Morgan fingerprint density at radius 2 is 2.05 bits per heavy atom. The molecule has 0 radical (unpaired) electrons. The number of halogens is 2. The first-order valence-corrected chi connectivity index (χ1v) is 9.84. The predicted molar refractivity (Wildman–Crippen MR) is 89.2 cm³/mol. The fourth-order valence-corrected chi connectivity index (χ4v) is 4.75. The maximum absolute atomic E-state index is 12.6. The molecular formula is C15H19Cl2NO3S. The van der Waals surface area contributed by atoms with E-state index >= 15 is 0 Å². The zero-order chi connectivity index (χ0) is 16.3. The normalized spacial score (nSPS) is 20.0. The van der Waals surface area contributed by atoms with Crippen molar-refractivity contribution in [2.45, 2.75) is 32.2 Å². The average molecular weight is 364 g/mol. The molecule has 0 spiro atoms. The van der Waals surface area contributed by atoms with E-state index in [9.17, 15) is 13.2 Å². The van der Waals surface area contributed by atoms with Crippen LogP contribution in [0.4, 0.5) is 0 Å². The summed E-state index contributed by atoms with van der Waals surface area (Å²) in [5.41, 5.74) is 0.779. The van der Waals surface area contributed by atoms with Gasteiger partial charge < -0.3 is 4.90 Å². The number of rotatable bonds is 5. The van der Waals surface area contributed by atoms with Gasteiger partial charge in [-0.1, -0.05) is 36.2 Å². The lowest BCUT2D eigenvalue weighted by molar-refractivity contribution is -0.132. The highest BCUT2D eigenvalue weighted by atomic mass is 35.5. The van der Waals surface area contributed by atoms with E-state index in [1.807, 2.05) is 6.92 Å². The molecule has 1 aliphatic heterocycles. The molecule has 1 fully saturated rings. The molecule has 0 aliphatic carbocycles. The van der Waals surface area contributed by atoms with Crippen molar-refractivity contribution in [1.29, 1.82) is 0 Å². The fourth-order valence-electron chi connectivity index (χ4n) is 2.70. The van der Waals surface area contributed by atoms with Gasteiger partial charge in [0.05, 0.1) is 28.0 Å². The maximum Gasteiger partial charge on any atom is 0.227 e. The van der Waals surface area contributed by atoms with Crippen molar-refractivity contribution >= 4 is 38.9 Å². The van der Waals surface area contributed by atoms with Crippen molar-refractivity contribution in [2.75, 3.05) is 18.1 Å². The third-order valence-corrected chi connectivity index (χ3v) is 6.26. The highest BCUT2D eigenvalue weighted by molar-refractivity contribution is 7.91. The van der Waals surface area contributed by atoms with E-state index in [1.54, 1.807) is 23.1 Å². The van der Waals surface area contributed by atoms with Gasteiger partial charge in [0, 0.05) is 12.6 Å². The van der Waals surface area contributed by atoms with Crippen molar-refractivity contribution in [3.63, 3.8) is 0 Å².